The smallest absolute Gasteiger partial charge is 0.151 e. The van der Waals surface area contributed by atoms with E-state index in [1.54, 1.807) is 0 Å². The van der Waals surface area contributed by atoms with Crippen LogP contribution in [0.15, 0.2) is 30.3 Å². The maximum Gasteiger partial charge on any atom is 0.151 e. The summed E-state index contributed by atoms with van der Waals surface area (Å²) in [6.45, 7) is 0.817. The van der Waals surface area contributed by atoms with Crippen molar-refractivity contribution >= 4 is 9.84 Å². The zero-order chi connectivity index (χ0) is 13.2. The van der Waals surface area contributed by atoms with Crippen molar-refractivity contribution in [3.8, 4) is 0 Å². The summed E-state index contributed by atoms with van der Waals surface area (Å²) in [6.07, 6.45) is 4.18. The zero-order valence-electron chi connectivity index (χ0n) is 11.0. The standard InChI is InChI=1S/C14H21NO2S/c1-15(11-12-7-4-3-5-8-12)13-9-6-10-14(13)18(2,16)17/h3-5,7-8,13-14H,6,9-11H2,1-2H3. The van der Waals surface area contributed by atoms with Crippen LogP contribution in [-0.4, -0.2) is 37.9 Å². The van der Waals surface area contributed by atoms with Gasteiger partial charge >= 0.3 is 0 Å². The molecule has 0 aromatic heterocycles. The Balaban J connectivity index is 2.07. The Morgan fingerprint density at radius 2 is 1.89 bits per heavy atom. The van der Waals surface area contributed by atoms with Crippen molar-refractivity contribution < 1.29 is 8.42 Å². The van der Waals surface area contributed by atoms with E-state index in [1.807, 2.05) is 25.2 Å². The fraction of sp³-hybridized carbons (Fsp3) is 0.571. The zero-order valence-corrected chi connectivity index (χ0v) is 11.9. The van der Waals surface area contributed by atoms with Crippen LogP contribution in [0.3, 0.4) is 0 Å². The molecule has 0 amide bonds. The summed E-state index contributed by atoms with van der Waals surface area (Å²) in [7, 11) is -0.902. The molecule has 100 valence electrons. The van der Waals surface area contributed by atoms with Gasteiger partial charge in [-0.2, -0.15) is 0 Å². The van der Waals surface area contributed by atoms with Crippen molar-refractivity contribution in [1.82, 2.24) is 4.90 Å². The molecule has 1 aliphatic rings. The second-order valence-corrected chi connectivity index (χ2v) is 7.53. The number of sulfone groups is 1. The molecule has 0 aliphatic heterocycles. The molecule has 2 unspecified atom stereocenters. The monoisotopic (exact) mass is 267 g/mol. The maximum absolute atomic E-state index is 11.8. The van der Waals surface area contributed by atoms with Gasteiger partial charge in [0.15, 0.2) is 9.84 Å². The van der Waals surface area contributed by atoms with Crippen molar-refractivity contribution in [3.05, 3.63) is 35.9 Å². The SMILES string of the molecule is CN(Cc1ccccc1)C1CCCC1S(C)(=O)=O. The summed E-state index contributed by atoms with van der Waals surface area (Å²) in [4.78, 5) is 2.19. The average molecular weight is 267 g/mol. The minimum absolute atomic E-state index is 0.167. The largest absolute Gasteiger partial charge is 0.298 e. The fourth-order valence-electron chi connectivity index (χ4n) is 2.90. The van der Waals surface area contributed by atoms with Gasteiger partial charge in [-0.3, -0.25) is 4.90 Å². The van der Waals surface area contributed by atoms with E-state index in [9.17, 15) is 8.42 Å². The predicted octanol–water partition coefficient (Wildman–Crippen LogP) is 2.08. The molecule has 3 nitrogen and oxygen atoms in total. The third-order valence-corrected chi connectivity index (χ3v) is 5.46. The van der Waals surface area contributed by atoms with E-state index in [1.165, 1.54) is 11.8 Å². The first-order chi connectivity index (χ1) is 8.48. The highest BCUT2D eigenvalue weighted by molar-refractivity contribution is 7.91. The van der Waals surface area contributed by atoms with Crippen LogP contribution in [0.4, 0.5) is 0 Å². The second kappa shape index (κ2) is 5.41. The van der Waals surface area contributed by atoms with Gasteiger partial charge in [-0.05, 0) is 25.5 Å². The van der Waals surface area contributed by atoms with E-state index in [-0.39, 0.29) is 11.3 Å². The average Bonchev–Trinajstić information content (AvgIpc) is 2.79. The molecule has 2 atom stereocenters. The molecule has 1 aliphatic carbocycles. The van der Waals surface area contributed by atoms with Crippen molar-refractivity contribution in [3.63, 3.8) is 0 Å². The normalized spacial score (nSPS) is 24.6. The topological polar surface area (TPSA) is 37.4 Å². The fourth-order valence-corrected chi connectivity index (χ4v) is 4.41. The maximum atomic E-state index is 11.8. The molecule has 1 aromatic carbocycles. The summed E-state index contributed by atoms with van der Waals surface area (Å²) in [5.41, 5.74) is 1.24. The van der Waals surface area contributed by atoms with E-state index in [4.69, 9.17) is 0 Å². The first kappa shape index (κ1) is 13.6. The Hall–Kier alpha value is -0.870. The summed E-state index contributed by atoms with van der Waals surface area (Å²) >= 11 is 0. The number of nitrogens with zero attached hydrogens (tertiary/aromatic N) is 1. The molecule has 18 heavy (non-hydrogen) atoms. The number of rotatable bonds is 4. The molecule has 0 heterocycles. The highest BCUT2D eigenvalue weighted by atomic mass is 32.2. The summed E-state index contributed by atoms with van der Waals surface area (Å²) < 4.78 is 23.5. The third kappa shape index (κ3) is 3.12. The van der Waals surface area contributed by atoms with Crippen LogP contribution in [0.5, 0.6) is 0 Å². The predicted molar refractivity (Wildman–Crippen MR) is 74.2 cm³/mol. The van der Waals surface area contributed by atoms with Gasteiger partial charge in [-0.15, -0.1) is 0 Å². The lowest BCUT2D eigenvalue weighted by Gasteiger charge is -2.28. The van der Waals surface area contributed by atoms with Gasteiger partial charge in [-0.25, -0.2) is 8.42 Å². The molecule has 2 rings (SSSR count). The van der Waals surface area contributed by atoms with Crippen LogP contribution in [0.25, 0.3) is 0 Å². The van der Waals surface area contributed by atoms with E-state index in [0.29, 0.717) is 0 Å². The lowest BCUT2D eigenvalue weighted by atomic mass is 10.1. The van der Waals surface area contributed by atoms with Gasteiger partial charge in [0.1, 0.15) is 0 Å². The third-order valence-electron chi connectivity index (χ3n) is 3.81. The summed E-state index contributed by atoms with van der Waals surface area (Å²) in [5.74, 6) is 0. The molecule has 0 N–H and O–H groups in total. The van der Waals surface area contributed by atoms with Crippen LogP contribution >= 0.6 is 0 Å². The number of hydrogen-bond donors (Lipinski definition) is 0. The number of benzene rings is 1. The molecule has 1 aromatic rings. The first-order valence-electron chi connectivity index (χ1n) is 6.41. The molecule has 0 radical (unpaired) electrons. The van der Waals surface area contributed by atoms with Crippen LogP contribution in [0.2, 0.25) is 0 Å². The van der Waals surface area contributed by atoms with E-state index in [2.05, 4.69) is 17.0 Å². The van der Waals surface area contributed by atoms with Crippen LogP contribution < -0.4 is 0 Å². The van der Waals surface area contributed by atoms with Crippen molar-refractivity contribution in [2.24, 2.45) is 0 Å². The first-order valence-corrected chi connectivity index (χ1v) is 8.37. The molecule has 0 spiro atoms. The van der Waals surface area contributed by atoms with Crippen LogP contribution in [0, 0.1) is 0 Å². The highest BCUT2D eigenvalue weighted by Crippen LogP contribution is 2.29. The molecule has 0 saturated heterocycles. The van der Waals surface area contributed by atoms with Gasteiger partial charge in [0.25, 0.3) is 0 Å². The molecule has 1 saturated carbocycles. The van der Waals surface area contributed by atoms with Crippen molar-refractivity contribution in [1.29, 1.82) is 0 Å². The van der Waals surface area contributed by atoms with Gasteiger partial charge in [0.2, 0.25) is 0 Å². The van der Waals surface area contributed by atoms with Gasteiger partial charge < -0.3 is 0 Å². The van der Waals surface area contributed by atoms with Crippen LogP contribution in [-0.2, 0) is 16.4 Å². The Bertz CT molecular complexity index is 484. The van der Waals surface area contributed by atoms with Crippen molar-refractivity contribution in [2.45, 2.75) is 37.1 Å². The molecule has 0 bridgehead atoms. The lowest BCUT2D eigenvalue weighted by Crippen LogP contribution is -2.40. The number of hydrogen-bond acceptors (Lipinski definition) is 3. The minimum Gasteiger partial charge on any atom is -0.298 e. The Labute approximate surface area is 110 Å². The van der Waals surface area contributed by atoms with Crippen molar-refractivity contribution in [2.75, 3.05) is 13.3 Å². The quantitative estimate of drug-likeness (QED) is 0.838. The second-order valence-electron chi connectivity index (χ2n) is 5.27. The molecular formula is C14H21NO2S. The van der Waals surface area contributed by atoms with E-state index < -0.39 is 9.84 Å². The Morgan fingerprint density at radius 1 is 1.22 bits per heavy atom. The van der Waals surface area contributed by atoms with Crippen LogP contribution in [0.1, 0.15) is 24.8 Å². The minimum atomic E-state index is -2.93. The lowest BCUT2D eigenvalue weighted by molar-refractivity contribution is 0.238. The van der Waals surface area contributed by atoms with Gasteiger partial charge in [-0.1, -0.05) is 36.8 Å². The Morgan fingerprint density at radius 3 is 2.50 bits per heavy atom. The van der Waals surface area contributed by atoms with Gasteiger partial charge in [0, 0.05) is 18.8 Å². The van der Waals surface area contributed by atoms with E-state index in [0.717, 1.165) is 25.8 Å². The molecule has 4 heteroatoms. The molecule has 1 fully saturated rings. The Kier molecular flexibility index (Phi) is 4.07. The van der Waals surface area contributed by atoms with Gasteiger partial charge in [0.05, 0.1) is 5.25 Å². The van der Waals surface area contributed by atoms with E-state index >= 15 is 0 Å². The summed E-state index contributed by atoms with van der Waals surface area (Å²) in [5, 5.41) is -0.189. The highest BCUT2D eigenvalue weighted by Gasteiger charge is 2.36. The summed E-state index contributed by atoms with van der Waals surface area (Å²) in [6, 6.07) is 10.4. The molecular weight excluding hydrogens is 246 g/mol.